The predicted octanol–water partition coefficient (Wildman–Crippen LogP) is 3.17. The second-order valence-corrected chi connectivity index (χ2v) is 5.93. The van der Waals surface area contributed by atoms with E-state index in [4.69, 9.17) is 0 Å². The maximum Gasteiger partial charge on any atom is 0.321 e. The van der Waals surface area contributed by atoms with E-state index >= 15 is 0 Å². The Morgan fingerprint density at radius 3 is 2.38 bits per heavy atom. The average molecular weight is 327 g/mol. The lowest BCUT2D eigenvalue weighted by atomic mass is 10.2. The van der Waals surface area contributed by atoms with Gasteiger partial charge in [-0.05, 0) is 24.6 Å². The summed E-state index contributed by atoms with van der Waals surface area (Å²) in [4.78, 5) is 15.9. The largest absolute Gasteiger partial charge is 0.394 e. The fourth-order valence-electron chi connectivity index (χ4n) is 2.38. The molecule has 1 atom stereocenters. The van der Waals surface area contributed by atoms with Gasteiger partial charge in [-0.25, -0.2) is 4.79 Å². The van der Waals surface area contributed by atoms with Crippen LogP contribution < -0.4 is 10.2 Å². The van der Waals surface area contributed by atoms with Crippen LogP contribution in [0, 0.1) is 0 Å². The molecule has 24 heavy (non-hydrogen) atoms. The van der Waals surface area contributed by atoms with Crippen LogP contribution in [-0.2, 0) is 6.54 Å². The van der Waals surface area contributed by atoms with E-state index in [1.165, 1.54) is 10.5 Å². The SMILES string of the molecule is CC(CO)N(C)C(=O)Nc1ccccc1N(C)Cc1ccccc1. The third-order valence-electron chi connectivity index (χ3n) is 4.07. The number of rotatable bonds is 6. The first-order valence-electron chi connectivity index (χ1n) is 8.01. The van der Waals surface area contributed by atoms with Crippen molar-refractivity contribution in [2.75, 3.05) is 30.9 Å². The van der Waals surface area contributed by atoms with Crippen molar-refractivity contribution in [3.8, 4) is 0 Å². The number of likely N-dealkylation sites (N-methyl/N-ethyl adjacent to an activating group) is 1. The van der Waals surface area contributed by atoms with Gasteiger partial charge in [-0.3, -0.25) is 0 Å². The number of aliphatic hydroxyl groups excluding tert-OH is 1. The molecule has 2 aromatic rings. The van der Waals surface area contributed by atoms with Gasteiger partial charge in [0.2, 0.25) is 0 Å². The first-order chi connectivity index (χ1) is 11.5. The van der Waals surface area contributed by atoms with Gasteiger partial charge in [0.25, 0.3) is 0 Å². The number of aliphatic hydroxyl groups is 1. The molecule has 1 unspecified atom stereocenters. The Morgan fingerprint density at radius 2 is 1.71 bits per heavy atom. The molecule has 5 heteroatoms. The molecule has 0 fully saturated rings. The molecule has 0 saturated heterocycles. The third-order valence-corrected chi connectivity index (χ3v) is 4.07. The standard InChI is InChI=1S/C19H25N3O2/c1-15(14-23)22(3)19(24)20-17-11-7-8-12-18(17)21(2)13-16-9-5-4-6-10-16/h4-12,15,23H,13-14H2,1-3H3,(H,20,24). The molecule has 0 saturated carbocycles. The number of benzene rings is 2. The van der Waals surface area contributed by atoms with Crippen molar-refractivity contribution in [1.82, 2.24) is 4.90 Å². The van der Waals surface area contributed by atoms with Crippen molar-refractivity contribution in [3.63, 3.8) is 0 Å². The van der Waals surface area contributed by atoms with Crippen molar-refractivity contribution in [1.29, 1.82) is 0 Å². The van der Waals surface area contributed by atoms with Gasteiger partial charge >= 0.3 is 6.03 Å². The Hall–Kier alpha value is -2.53. The Labute approximate surface area is 143 Å². The van der Waals surface area contributed by atoms with E-state index in [2.05, 4.69) is 22.3 Å². The maximum atomic E-state index is 12.3. The molecule has 0 spiro atoms. The Balaban J connectivity index is 2.13. The van der Waals surface area contributed by atoms with Gasteiger partial charge in [-0.1, -0.05) is 42.5 Å². The molecule has 0 aliphatic rings. The fraction of sp³-hybridized carbons (Fsp3) is 0.316. The highest BCUT2D eigenvalue weighted by Gasteiger charge is 2.17. The lowest BCUT2D eigenvalue weighted by Crippen LogP contribution is -2.40. The molecule has 128 valence electrons. The van der Waals surface area contributed by atoms with Crippen LogP contribution in [0.1, 0.15) is 12.5 Å². The minimum Gasteiger partial charge on any atom is -0.394 e. The van der Waals surface area contributed by atoms with Gasteiger partial charge in [-0.2, -0.15) is 0 Å². The zero-order chi connectivity index (χ0) is 17.5. The highest BCUT2D eigenvalue weighted by atomic mass is 16.3. The molecule has 0 radical (unpaired) electrons. The van der Waals surface area contributed by atoms with E-state index in [1.807, 2.05) is 49.5 Å². The molecule has 2 aromatic carbocycles. The van der Waals surface area contributed by atoms with E-state index in [0.717, 1.165) is 17.9 Å². The van der Waals surface area contributed by atoms with Gasteiger partial charge in [0.15, 0.2) is 0 Å². The van der Waals surface area contributed by atoms with Crippen molar-refractivity contribution >= 4 is 17.4 Å². The van der Waals surface area contributed by atoms with Crippen molar-refractivity contribution < 1.29 is 9.90 Å². The van der Waals surface area contributed by atoms with Crippen LogP contribution in [0.2, 0.25) is 0 Å². The van der Waals surface area contributed by atoms with E-state index in [-0.39, 0.29) is 18.7 Å². The van der Waals surface area contributed by atoms with E-state index in [0.29, 0.717) is 0 Å². The van der Waals surface area contributed by atoms with Crippen LogP contribution >= 0.6 is 0 Å². The molecular formula is C19H25N3O2. The van der Waals surface area contributed by atoms with Gasteiger partial charge in [0.1, 0.15) is 0 Å². The highest BCUT2D eigenvalue weighted by Crippen LogP contribution is 2.26. The monoisotopic (exact) mass is 327 g/mol. The lowest BCUT2D eigenvalue weighted by molar-refractivity contribution is 0.166. The van der Waals surface area contributed by atoms with Crippen LogP contribution in [0.15, 0.2) is 54.6 Å². The number of amides is 2. The Kier molecular flexibility index (Phi) is 6.21. The number of urea groups is 1. The summed E-state index contributed by atoms with van der Waals surface area (Å²) in [5, 5.41) is 12.1. The predicted molar refractivity (Wildman–Crippen MR) is 98.3 cm³/mol. The lowest BCUT2D eigenvalue weighted by Gasteiger charge is -2.26. The number of carbonyl (C=O) groups is 1. The van der Waals surface area contributed by atoms with Crippen LogP contribution in [0.25, 0.3) is 0 Å². The fourth-order valence-corrected chi connectivity index (χ4v) is 2.38. The van der Waals surface area contributed by atoms with Gasteiger partial charge < -0.3 is 20.2 Å². The summed E-state index contributed by atoms with van der Waals surface area (Å²) < 4.78 is 0. The Morgan fingerprint density at radius 1 is 1.08 bits per heavy atom. The second-order valence-electron chi connectivity index (χ2n) is 5.93. The van der Waals surface area contributed by atoms with Crippen LogP contribution in [0.4, 0.5) is 16.2 Å². The summed E-state index contributed by atoms with van der Waals surface area (Å²) in [5.74, 6) is 0. The quantitative estimate of drug-likeness (QED) is 0.857. The number of hydrogen-bond acceptors (Lipinski definition) is 3. The van der Waals surface area contributed by atoms with E-state index in [1.54, 1.807) is 14.0 Å². The molecule has 0 aliphatic carbocycles. The van der Waals surface area contributed by atoms with Crippen molar-refractivity contribution in [2.24, 2.45) is 0 Å². The molecule has 0 heterocycles. The minimum atomic E-state index is -0.239. The zero-order valence-electron chi connectivity index (χ0n) is 14.4. The molecule has 0 bridgehead atoms. The first-order valence-corrected chi connectivity index (χ1v) is 8.01. The molecule has 0 aliphatic heterocycles. The summed E-state index contributed by atoms with van der Waals surface area (Å²) in [6, 6.07) is 17.4. The number of carbonyl (C=O) groups excluding carboxylic acids is 1. The molecular weight excluding hydrogens is 302 g/mol. The topological polar surface area (TPSA) is 55.8 Å². The highest BCUT2D eigenvalue weighted by molar-refractivity contribution is 5.93. The normalized spacial score (nSPS) is 11.7. The number of nitrogens with zero attached hydrogens (tertiary/aromatic N) is 2. The minimum absolute atomic E-state index is 0.0700. The second kappa shape index (κ2) is 8.36. The number of hydrogen-bond donors (Lipinski definition) is 2. The number of para-hydroxylation sites is 2. The molecule has 2 rings (SSSR count). The molecule has 2 N–H and O–H groups in total. The summed E-state index contributed by atoms with van der Waals surface area (Å²) >= 11 is 0. The maximum absolute atomic E-state index is 12.3. The summed E-state index contributed by atoms with van der Waals surface area (Å²) in [6.45, 7) is 2.48. The van der Waals surface area contributed by atoms with Gasteiger partial charge in [0.05, 0.1) is 24.0 Å². The Bertz CT molecular complexity index is 661. The number of nitrogens with one attached hydrogen (secondary N) is 1. The van der Waals surface area contributed by atoms with Crippen molar-refractivity contribution in [2.45, 2.75) is 19.5 Å². The van der Waals surface area contributed by atoms with Crippen molar-refractivity contribution in [3.05, 3.63) is 60.2 Å². The van der Waals surface area contributed by atoms with E-state index in [9.17, 15) is 9.90 Å². The molecule has 5 nitrogen and oxygen atoms in total. The van der Waals surface area contributed by atoms with Crippen LogP contribution in [0.5, 0.6) is 0 Å². The molecule has 2 amide bonds. The van der Waals surface area contributed by atoms with E-state index < -0.39 is 0 Å². The summed E-state index contributed by atoms with van der Waals surface area (Å²) in [6.07, 6.45) is 0. The first kappa shape index (κ1) is 17.8. The van der Waals surface area contributed by atoms with Gasteiger partial charge in [-0.15, -0.1) is 0 Å². The zero-order valence-corrected chi connectivity index (χ0v) is 14.4. The summed E-state index contributed by atoms with van der Waals surface area (Å²) in [7, 11) is 3.67. The summed E-state index contributed by atoms with van der Waals surface area (Å²) in [5.41, 5.74) is 2.89. The molecule has 0 aromatic heterocycles. The van der Waals surface area contributed by atoms with Gasteiger partial charge in [0, 0.05) is 20.6 Å². The van der Waals surface area contributed by atoms with Crippen LogP contribution in [0.3, 0.4) is 0 Å². The average Bonchev–Trinajstić information content (AvgIpc) is 2.61. The smallest absolute Gasteiger partial charge is 0.321 e. The number of anilines is 2. The third kappa shape index (κ3) is 4.49. The van der Waals surface area contributed by atoms with Crippen LogP contribution in [-0.4, -0.2) is 42.8 Å².